The molecule has 0 aliphatic carbocycles. The Balaban J connectivity index is 1.27. The van der Waals surface area contributed by atoms with Crippen molar-refractivity contribution in [1.82, 2.24) is 9.88 Å². The molecule has 5 rings (SSSR count). The molecule has 0 bridgehead atoms. The van der Waals surface area contributed by atoms with Crippen LogP contribution < -0.4 is 10.2 Å². The quantitative estimate of drug-likeness (QED) is 0.562. The predicted molar refractivity (Wildman–Crippen MR) is 129 cm³/mol. The van der Waals surface area contributed by atoms with Crippen LogP contribution in [-0.4, -0.2) is 46.4 Å². The molecule has 0 radical (unpaired) electrons. The summed E-state index contributed by atoms with van der Waals surface area (Å²) in [6.07, 6.45) is 4.43. The van der Waals surface area contributed by atoms with Gasteiger partial charge in [0.1, 0.15) is 0 Å². The van der Waals surface area contributed by atoms with Crippen molar-refractivity contribution in [2.75, 3.05) is 29.9 Å². The number of carbonyl (C=O) groups excluding carboxylic acids is 2. The fourth-order valence-corrected chi connectivity index (χ4v) is 5.50. The van der Waals surface area contributed by atoms with Gasteiger partial charge in [0.15, 0.2) is 6.23 Å². The molecule has 1 unspecified atom stereocenters. The van der Waals surface area contributed by atoms with E-state index in [2.05, 4.69) is 15.2 Å². The summed E-state index contributed by atoms with van der Waals surface area (Å²) >= 11 is 7.11. The van der Waals surface area contributed by atoms with Gasteiger partial charge in [0, 0.05) is 43.3 Å². The van der Waals surface area contributed by atoms with Crippen LogP contribution >= 0.6 is 22.9 Å². The number of hydrogen-bond acceptors (Lipinski definition) is 6. The Morgan fingerprint density at radius 1 is 1.15 bits per heavy atom. The molecule has 2 aliphatic heterocycles. The smallest absolute Gasteiger partial charge is 0.265 e. The van der Waals surface area contributed by atoms with E-state index in [4.69, 9.17) is 11.6 Å². The molecule has 2 N–H and O–H groups in total. The lowest BCUT2D eigenvalue weighted by molar-refractivity contribution is 0.00905. The molecule has 0 spiro atoms. The predicted octanol–water partition coefficient (Wildman–Crippen LogP) is 4.41. The Morgan fingerprint density at radius 3 is 2.61 bits per heavy atom. The number of nitrogens with one attached hydrogen (secondary N) is 1. The SMILES string of the molecule is O=C(Nc1cccc2c1C(=O)N(CC1CCN(c3ccncc3)CC1)C2O)c1ccc(Cl)s1. The lowest BCUT2D eigenvalue weighted by atomic mass is 9.96. The topological polar surface area (TPSA) is 85.8 Å². The van der Waals surface area contributed by atoms with Crippen molar-refractivity contribution in [3.05, 3.63) is 75.2 Å². The number of halogens is 1. The van der Waals surface area contributed by atoms with Gasteiger partial charge in [0.2, 0.25) is 0 Å². The second-order valence-electron chi connectivity index (χ2n) is 8.29. The Morgan fingerprint density at radius 2 is 1.91 bits per heavy atom. The molecule has 9 heteroatoms. The van der Waals surface area contributed by atoms with Crippen molar-refractivity contribution in [2.24, 2.45) is 5.92 Å². The molecule has 170 valence electrons. The number of aliphatic hydroxyl groups excluding tert-OH is 1. The number of anilines is 2. The molecule has 33 heavy (non-hydrogen) atoms. The van der Waals surface area contributed by atoms with E-state index in [1.807, 2.05) is 12.1 Å². The minimum atomic E-state index is -1.02. The highest BCUT2D eigenvalue weighted by Crippen LogP contribution is 2.38. The molecule has 0 saturated carbocycles. The lowest BCUT2D eigenvalue weighted by Gasteiger charge is -2.35. The zero-order chi connectivity index (χ0) is 22.9. The molecule has 1 saturated heterocycles. The number of aliphatic hydroxyl groups is 1. The summed E-state index contributed by atoms with van der Waals surface area (Å²) in [6, 6.07) is 12.5. The third-order valence-corrected chi connectivity index (χ3v) is 7.52. The van der Waals surface area contributed by atoms with Crippen LogP contribution in [0.3, 0.4) is 0 Å². The molecule has 1 atom stereocenters. The zero-order valence-electron chi connectivity index (χ0n) is 17.8. The van der Waals surface area contributed by atoms with E-state index in [-0.39, 0.29) is 11.8 Å². The maximum absolute atomic E-state index is 13.3. The largest absolute Gasteiger partial charge is 0.371 e. The first-order valence-corrected chi connectivity index (χ1v) is 12.0. The number of aromatic nitrogens is 1. The first-order valence-electron chi connectivity index (χ1n) is 10.8. The molecule has 2 aromatic heterocycles. The molecular formula is C24H23ClN4O3S. The highest BCUT2D eigenvalue weighted by atomic mass is 35.5. The Hall–Kier alpha value is -2.94. The van der Waals surface area contributed by atoms with Gasteiger partial charge in [-0.05, 0) is 49.1 Å². The van der Waals surface area contributed by atoms with E-state index in [9.17, 15) is 14.7 Å². The highest BCUT2D eigenvalue weighted by molar-refractivity contribution is 7.18. The maximum atomic E-state index is 13.3. The fourth-order valence-electron chi connectivity index (χ4n) is 4.56. The Kier molecular flexibility index (Phi) is 6.05. The second kappa shape index (κ2) is 9.13. The van der Waals surface area contributed by atoms with Crippen LogP contribution in [0.5, 0.6) is 0 Å². The number of rotatable bonds is 5. The number of benzene rings is 1. The fraction of sp³-hybridized carbons (Fsp3) is 0.292. The van der Waals surface area contributed by atoms with Crippen LogP contribution in [0.25, 0.3) is 0 Å². The summed E-state index contributed by atoms with van der Waals surface area (Å²) in [4.78, 5) is 34.3. The number of carbonyl (C=O) groups is 2. The van der Waals surface area contributed by atoms with Gasteiger partial charge in [-0.2, -0.15) is 0 Å². The van der Waals surface area contributed by atoms with Gasteiger partial charge in [0.05, 0.1) is 20.5 Å². The van der Waals surface area contributed by atoms with Gasteiger partial charge in [-0.15, -0.1) is 11.3 Å². The van der Waals surface area contributed by atoms with Gasteiger partial charge < -0.3 is 20.2 Å². The minimum absolute atomic E-state index is 0.255. The maximum Gasteiger partial charge on any atom is 0.265 e. The summed E-state index contributed by atoms with van der Waals surface area (Å²) in [5.74, 6) is -0.291. The summed E-state index contributed by atoms with van der Waals surface area (Å²) < 4.78 is 0.520. The van der Waals surface area contributed by atoms with E-state index in [0.29, 0.717) is 38.5 Å². The van der Waals surface area contributed by atoms with Crippen molar-refractivity contribution < 1.29 is 14.7 Å². The number of thiophene rings is 1. The molecule has 4 heterocycles. The Labute approximate surface area is 200 Å². The molecule has 1 aromatic carbocycles. The van der Waals surface area contributed by atoms with Gasteiger partial charge in [-0.1, -0.05) is 23.7 Å². The van der Waals surface area contributed by atoms with Crippen molar-refractivity contribution in [3.8, 4) is 0 Å². The molecular weight excluding hydrogens is 460 g/mol. The first kappa shape index (κ1) is 21.9. The summed E-state index contributed by atoms with van der Waals surface area (Å²) in [5, 5.41) is 13.7. The number of fused-ring (bicyclic) bond motifs is 1. The zero-order valence-corrected chi connectivity index (χ0v) is 19.4. The normalized spacial score (nSPS) is 18.5. The Bertz CT molecular complexity index is 1180. The lowest BCUT2D eigenvalue weighted by Crippen LogP contribution is -2.40. The number of pyridine rings is 1. The number of piperidine rings is 1. The number of hydrogen-bond donors (Lipinski definition) is 2. The van der Waals surface area contributed by atoms with E-state index in [1.165, 1.54) is 16.2 Å². The van der Waals surface area contributed by atoms with Crippen LogP contribution in [0, 0.1) is 5.92 Å². The average Bonchev–Trinajstić information content (AvgIpc) is 3.38. The third-order valence-electron chi connectivity index (χ3n) is 6.29. The first-order chi connectivity index (χ1) is 16.0. The standard InChI is InChI=1S/C24H23ClN4O3S/c25-20-5-4-19(33-20)22(30)27-18-3-1-2-17-21(18)24(32)29(23(17)31)14-15-8-12-28(13-9-15)16-6-10-26-11-7-16/h1-7,10-11,15,23,31H,8-9,12-14H2,(H,27,30). The van der Waals surface area contributed by atoms with Gasteiger partial charge in [0.25, 0.3) is 11.8 Å². The van der Waals surface area contributed by atoms with Gasteiger partial charge in [-0.3, -0.25) is 14.6 Å². The van der Waals surface area contributed by atoms with E-state index in [0.717, 1.165) is 31.6 Å². The summed E-state index contributed by atoms with van der Waals surface area (Å²) in [5.41, 5.74) is 2.44. The molecule has 2 aliphatic rings. The van der Waals surface area contributed by atoms with Crippen LogP contribution in [0.4, 0.5) is 11.4 Å². The van der Waals surface area contributed by atoms with Crippen molar-refractivity contribution in [2.45, 2.75) is 19.1 Å². The highest BCUT2D eigenvalue weighted by Gasteiger charge is 2.39. The van der Waals surface area contributed by atoms with Gasteiger partial charge in [-0.25, -0.2) is 0 Å². The van der Waals surface area contributed by atoms with Crippen LogP contribution in [-0.2, 0) is 0 Å². The van der Waals surface area contributed by atoms with E-state index in [1.54, 1.807) is 42.7 Å². The number of nitrogens with zero attached hydrogens (tertiary/aromatic N) is 3. The molecule has 1 fully saturated rings. The average molecular weight is 483 g/mol. The summed E-state index contributed by atoms with van der Waals surface area (Å²) in [7, 11) is 0. The molecule has 3 aromatic rings. The third kappa shape index (κ3) is 4.34. The van der Waals surface area contributed by atoms with Crippen molar-refractivity contribution in [3.63, 3.8) is 0 Å². The monoisotopic (exact) mass is 482 g/mol. The van der Waals surface area contributed by atoms with E-state index >= 15 is 0 Å². The second-order valence-corrected chi connectivity index (χ2v) is 10.0. The van der Waals surface area contributed by atoms with Crippen LogP contribution in [0.2, 0.25) is 4.34 Å². The molecule has 2 amide bonds. The van der Waals surface area contributed by atoms with Crippen molar-refractivity contribution >= 4 is 46.1 Å². The van der Waals surface area contributed by atoms with Crippen molar-refractivity contribution in [1.29, 1.82) is 0 Å². The van der Waals surface area contributed by atoms with Crippen LogP contribution in [0.1, 0.15) is 44.7 Å². The minimum Gasteiger partial charge on any atom is -0.371 e. The molecule has 7 nitrogen and oxygen atoms in total. The number of amides is 2. The van der Waals surface area contributed by atoms with E-state index < -0.39 is 6.23 Å². The van der Waals surface area contributed by atoms with Crippen LogP contribution in [0.15, 0.2) is 54.9 Å². The van der Waals surface area contributed by atoms with Gasteiger partial charge >= 0.3 is 0 Å². The summed E-state index contributed by atoms with van der Waals surface area (Å²) in [6.45, 7) is 2.27.